The van der Waals surface area contributed by atoms with Crippen molar-refractivity contribution in [3.05, 3.63) is 46.3 Å². The monoisotopic (exact) mass is 347 g/mol. The Kier molecular flexibility index (Phi) is 5.92. The van der Waals surface area contributed by atoms with Gasteiger partial charge in [0.25, 0.3) is 5.91 Å². The zero-order chi connectivity index (χ0) is 17.6. The van der Waals surface area contributed by atoms with Crippen LogP contribution >= 0.6 is 11.3 Å². The third-order valence-corrected chi connectivity index (χ3v) is 4.18. The van der Waals surface area contributed by atoms with Crippen molar-refractivity contribution in [3.63, 3.8) is 0 Å². The van der Waals surface area contributed by atoms with Crippen LogP contribution in [0, 0.1) is 0 Å². The average Bonchev–Trinajstić information content (AvgIpc) is 3.08. The summed E-state index contributed by atoms with van der Waals surface area (Å²) in [6.45, 7) is 5.99. The first-order valence-corrected chi connectivity index (χ1v) is 8.53. The molecule has 0 aliphatic heterocycles. The van der Waals surface area contributed by atoms with Gasteiger partial charge in [-0.2, -0.15) is 0 Å². The van der Waals surface area contributed by atoms with Crippen molar-refractivity contribution in [3.8, 4) is 5.88 Å². The maximum atomic E-state index is 12.4. The summed E-state index contributed by atoms with van der Waals surface area (Å²) >= 11 is 1.33. The number of carbonyl (C=O) groups is 2. The fourth-order valence-corrected chi connectivity index (χ4v) is 2.65. The normalized spacial score (nSPS) is 11.0. The molecule has 2 heterocycles. The summed E-state index contributed by atoms with van der Waals surface area (Å²) in [7, 11) is 0. The van der Waals surface area contributed by atoms with E-state index >= 15 is 0 Å². The minimum Gasteiger partial charge on any atom is -0.478 e. The van der Waals surface area contributed by atoms with Gasteiger partial charge in [-0.3, -0.25) is 9.59 Å². The number of nitrogens with one attached hydrogen (secondary N) is 2. The van der Waals surface area contributed by atoms with Crippen molar-refractivity contribution < 1.29 is 14.3 Å². The number of carbonyl (C=O) groups excluding carboxylic acids is 2. The molecule has 6 nitrogen and oxygen atoms in total. The molecule has 0 aliphatic rings. The Balaban J connectivity index is 1.97. The van der Waals surface area contributed by atoms with Crippen LogP contribution in [0.15, 0.2) is 35.8 Å². The molecule has 0 bridgehead atoms. The number of nitrogens with zero attached hydrogens (tertiary/aromatic N) is 1. The van der Waals surface area contributed by atoms with Crippen molar-refractivity contribution in [2.75, 3.05) is 6.61 Å². The molecule has 2 aromatic rings. The first kappa shape index (κ1) is 17.9. The second-order valence-electron chi connectivity index (χ2n) is 5.64. The van der Waals surface area contributed by atoms with Gasteiger partial charge in [0.1, 0.15) is 5.54 Å². The van der Waals surface area contributed by atoms with E-state index < -0.39 is 5.54 Å². The van der Waals surface area contributed by atoms with E-state index in [1.807, 2.05) is 18.4 Å². The third kappa shape index (κ3) is 4.55. The molecule has 0 spiro atoms. The second-order valence-corrected chi connectivity index (χ2v) is 6.59. The molecule has 0 saturated carbocycles. The molecular formula is C17H21N3O3S. The molecule has 0 saturated heterocycles. The summed E-state index contributed by atoms with van der Waals surface area (Å²) in [6, 6.07) is 7.14. The molecule has 128 valence electrons. The van der Waals surface area contributed by atoms with Gasteiger partial charge in [-0.15, -0.1) is 11.3 Å². The lowest BCUT2D eigenvalue weighted by Gasteiger charge is -2.25. The molecule has 0 atom stereocenters. The number of aromatic nitrogens is 1. The summed E-state index contributed by atoms with van der Waals surface area (Å²) in [4.78, 5) is 29.3. The molecule has 2 amide bonds. The molecule has 0 radical (unpaired) electrons. The van der Waals surface area contributed by atoms with Crippen LogP contribution in [0.1, 0.15) is 36.0 Å². The lowest BCUT2D eigenvalue weighted by Crippen LogP contribution is -2.54. The zero-order valence-electron chi connectivity index (χ0n) is 14.0. The zero-order valence-corrected chi connectivity index (χ0v) is 14.8. The number of hydrogen-bond acceptors (Lipinski definition) is 5. The van der Waals surface area contributed by atoms with Gasteiger partial charge < -0.3 is 15.4 Å². The highest BCUT2D eigenvalue weighted by Crippen LogP contribution is 2.15. The predicted octanol–water partition coefficient (Wildman–Crippen LogP) is 2.37. The minimum atomic E-state index is -1.03. The molecule has 2 N–H and O–H groups in total. The van der Waals surface area contributed by atoms with Gasteiger partial charge in [0.05, 0.1) is 11.5 Å². The van der Waals surface area contributed by atoms with Crippen LogP contribution in [0.2, 0.25) is 0 Å². The fraction of sp³-hybridized carbons (Fsp3) is 0.353. The van der Waals surface area contributed by atoms with Crippen LogP contribution in [-0.2, 0) is 11.3 Å². The molecule has 0 fully saturated rings. The Labute approximate surface area is 145 Å². The quantitative estimate of drug-likeness (QED) is 0.806. The smallest absolute Gasteiger partial charge is 0.262 e. The molecule has 2 aromatic heterocycles. The van der Waals surface area contributed by atoms with E-state index in [-0.39, 0.29) is 18.4 Å². The Morgan fingerprint density at radius 3 is 2.75 bits per heavy atom. The summed E-state index contributed by atoms with van der Waals surface area (Å²) in [5, 5.41) is 7.38. The SMILES string of the molecule is CCOc1ncccc1CNC(=O)C(C)(C)NC(=O)c1cccs1. The summed E-state index contributed by atoms with van der Waals surface area (Å²) < 4.78 is 5.44. The highest BCUT2D eigenvalue weighted by atomic mass is 32.1. The minimum absolute atomic E-state index is 0.262. The van der Waals surface area contributed by atoms with Crippen LogP contribution in [-0.4, -0.2) is 28.9 Å². The maximum Gasteiger partial charge on any atom is 0.262 e. The largest absolute Gasteiger partial charge is 0.478 e. The van der Waals surface area contributed by atoms with Gasteiger partial charge in [0.2, 0.25) is 11.8 Å². The predicted molar refractivity (Wildman–Crippen MR) is 93.1 cm³/mol. The van der Waals surface area contributed by atoms with Gasteiger partial charge in [-0.05, 0) is 38.3 Å². The van der Waals surface area contributed by atoms with E-state index in [4.69, 9.17) is 4.74 Å². The highest BCUT2D eigenvalue weighted by molar-refractivity contribution is 7.12. The Morgan fingerprint density at radius 2 is 2.08 bits per heavy atom. The van der Waals surface area contributed by atoms with Gasteiger partial charge in [-0.1, -0.05) is 12.1 Å². The average molecular weight is 347 g/mol. The van der Waals surface area contributed by atoms with Crippen molar-refractivity contribution in [2.24, 2.45) is 0 Å². The van der Waals surface area contributed by atoms with Gasteiger partial charge in [-0.25, -0.2) is 4.98 Å². The summed E-state index contributed by atoms with van der Waals surface area (Å²) in [5.74, 6) is -0.0408. The molecule has 0 aromatic carbocycles. The maximum absolute atomic E-state index is 12.4. The van der Waals surface area contributed by atoms with Crippen molar-refractivity contribution in [1.82, 2.24) is 15.6 Å². The van der Waals surface area contributed by atoms with Crippen LogP contribution in [0.3, 0.4) is 0 Å². The van der Waals surface area contributed by atoms with Gasteiger partial charge in [0.15, 0.2) is 0 Å². The van der Waals surface area contributed by atoms with Crippen LogP contribution in [0.5, 0.6) is 5.88 Å². The Morgan fingerprint density at radius 1 is 1.29 bits per heavy atom. The van der Waals surface area contributed by atoms with E-state index in [0.717, 1.165) is 5.56 Å². The number of pyridine rings is 1. The van der Waals surface area contributed by atoms with Gasteiger partial charge in [0, 0.05) is 18.3 Å². The topological polar surface area (TPSA) is 80.3 Å². The van der Waals surface area contributed by atoms with Crippen molar-refractivity contribution >= 4 is 23.2 Å². The first-order valence-electron chi connectivity index (χ1n) is 7.65. The molecule has 0 aliphatic carbocycles. The fourth-order valence-electron chi connectivity index (χ4n) is 2.03. The standard InChI is InChI=1S/C17H21N3O3S/c1-4-23-15-12(7-5-9-18-15)11-19-16(22)17(2,3)20-14(21)13-8-6-10-24-13/h5-10H,4,11H2,1-3H3,(H,19,22)(H,20,21). The molecule has 2 rings (SSSR count). The lowest BCUT2D eigenvalue weighted by atomic mass is 10.0. The van der Waals surface area contributed by atoms with E-state index in [1.54, 1.807) is 38.2 Å². The van der Waals surface area contributed by atoms with Crippen molar-refractivity contribution in [1.29, 1.82) is 0 Å². The summed E-state index contributed by atoms with van der Waals surface area (Å²) in [6.07, 6.45) is 1.64. The van der Waals surface area contributed by atoms with E-state index in [9.17, 15) is 9.59 Å². The van der Waals surface area contributed by atoms with Crippen LogP contribution < -0.4 is 15.4 Å². The number of amides is 2. The van der Waals surface area contributed by atoms with E-state index in [0.29, 0.717) is 17.4 Å². The molecule has 0 unspecified atom stereocenters. The molecule has 7 heteroatoms. The molecule has 24 heavy (non-hydrogen) atoms. The third-order valence-electron chi connectivity index (χ3n) is 3.31. The number of thiophene rings is 1. The lowest BCUT2D eigenvalue weighted by molar-refractivity contribution is -0.126. The second kappa shape index (κ2) is 7.92. The number of ether oxygens (including phenoxy) is 1. The summed E-state index contributed by atoms with van der Waals surface area (Å²) in [5.41, 5.74) is -0.247. The van der Waals surface area contributed by atoms with E-state index in [1.165, 1.54) is 11.3 Å². The number of rotatable bonds is 7. The Hall–Kier alpha value is -2.41. The highest BCUT2D eigenvalue weighted by Gasteiger charge is 2.30. The van der Waals surface area contributed by atoms with Crippen LogP contribution in [0.25, 0.3) is 0 Å². The van der Waals surface area contributed by atoms with Gasteiger partial charge >= 0.3 is 0 Å². The van der Waals surface area contributed by atoms with Crippen LogP contribution in [0.4, 0.5) is 0 Å². The molecular weight excluding hydrogens is 326 g/mol. The van der Waals surface area contributed by atoms with Crippen molar-refractivity contribution in [2.45, 2.75) is 32.9 Å². The van der Waals surface area contributed by atoms with E-state index in [2.05, 4.69) is 15.6 Å². The Bertz CT molecular complexity index is 699. The number of hydrogen-bond donors (Lipinski definition) is 2. The first-order chi connectivity index (χ1) is 11.4.